The summed E-state index contributed by atoms with van der Waals surface area (Å²) in [6, 6.07) is 5.18. The van der Waals surface area contributed by atoms with Gasteiger partial charge < -0.3 is 14.9 Å². The Labute approximate surface area is 141 Å². The number of aliphatic hydroxyl groups excluding tert-OH is 1. The molecular formula is C18H24FN2O3+. The lowest BCUT2D eigenvalue weighted by molar-refractivity contribution is -0.895. The maximum Gasteiger partial charge on any atom is 0.290 e. The average molecular weight is 335 g/mol. The lowest BCUT2D eigenvalue weighted by Gasteiger charge is -2.28. The molecule has 24 heavy (non-hydrogen) atoms. The third-order valence-electron chi connectivity index (χ3n) is 4.59. The summed E-state index contributed by atoms with van der Waals surface area (Å²) in [6.07, 6.45) is 0. The van der Waals surface area contributed by atoms with Gasteiger partial charge in [-0.3, -0.25) is 9.59 Å². The van der Waals surface area contributed by atoms with Crippen LogP contribution in [-0.2, 0) is 9.59 Å². The summed E-state index contributed by atoms with van der Waals surface area (Å²) in [7, 11) is 0. The number of amides is 1. The van der Waals surface area contributed by atoms with Crippen molar-refractivity contribution in [2.75, 3.05) is 26.2 Å². The van der Waals surface area contributed by atoms with Crippen molar-refractivity contribution in [3.8, 4) is 0 Å². The summed E-state index contributed by atoms with van der Waals surface area (Å²) in [4.78, 5) is 27.1. The highest BCUT2D eigenvalue weighted by molar-refractivity contribution is 6.08. The van der Waals surface area contributed by atoms with Gasteiger partial charge in [-0.25, -0.2) is 4.39 Å². The summed E-state index contributed by atoms with van der Waals surface area (Å²) in [5.41, 5.74) is 0.203. The van der Waals surface area contributed by atoms with Gasteiger partial charge in [0, 0.05) is 5.56 Å². The molecule has 2 rings (SSSR count). The number of nitrogens with one attached hydrogen (secondary N) is 1. The third-order valence-corrected chi connectivity index (χ3v) is 4.59. The molecular weight excluding hydrogens is 311 g/mol. The van der Waals surface area contributed by atoms with E-state index in [1.807, 2.05) is 0 Å². The molecule has 0 saturated carbocycles. The summed E-state index contributed by atoms with van der Waals surface area (Å²) in [5.74, 6) is -2.10. The Bertz CT molecular complexity index is 668. The molecule has 0 radical (unpaired) electrons. The quantitative estimate of drug-likeness (QED) is 0.782. The second kappa shape index (κ2) is 7.57. The predicted octanol–water partition coefficient (Wildman–Crippen LogP) is 1.03. The molecule has 1 atom stereocenters. The van der Waals surface area contributed by atoms with E-state index in [4.69, 9.17) is 0 Å². The lowest BCUT2D eigenvalue weighted by atomic mass is 9.96. The van der Waals surface area contributed by atoms with Crippen LogP contribution in [0.5, 0.6) is 0 Å². The molecule has 6 heteroatoms. The van der Waals surface area contributed by atoms with Crippen LogP contribution in [0.1, 0.15) is 32.4 Å². The Kier molecular flexibility index (Phi) is 5.72. The SMILES string of the molecule is CC[NH+](CC)CCN1C(=O)C(O)=C(C(C)=O)[C@H]1c1ccccc1F. The number of hydrogen-bond acceptors (Lipinski definition) is 3. The van der Waals surface area contributed by atoms with E-state index in [0.29, 0.717) is 13.1 Å². The Balaban J connectivity index is 2.40. The van der Waals surface area contributed by atoms with Crippen LogP contribution in [0.25, 0.3) is 0 Å². The van der Waals surface area contributed by atoms with Gasteiger partial charge in [-0.1, -0.05) is 18.2 Å². The van der Waals surface area contributed by atoms with Crippen molar-refractivity contribution in [2.24, 2.45) is 0 Å². The molecule has 1 aliphatic rings. The van der Waals surface area contributed by atoms with Crippen molar-refractivity contribution in [1.82, 2.24) is 4.90 Å². The van der Waals surface area contributed by atoms with Crippen LogP contribution in [0.15, 0.2) is 35.6 Å². The van der Waals surface area contributed by atoms with Crippen molar-refractivity contribution in [3.05, 3.63) is 47.0 Å². The minimum Gasteiger partial charge on any atom is -0.503 e. The predicted molar refractivity (Wildman–Crippen MR) is 88.1 cm³/mol. The molecule has 0 bridgehead atoms. The molecule has 0 aliphatic carbocycles. The largest absolute Gasteiger partial charge is 0.503 e. The van der Waals surface area contributed by atoms with E-state index < -0.39 is 29.3 Å². The number of carbonyl (C=O) groups is 2. The van der Waals surface area contributed by atoms with Crippen LogP contribution in [0.3, 0.4) is 0 Å². The van der Waals surface area contributed by atoms with Gasteiger partial charge in [-0.05, 0) is 26.8 Å². The number of nitrogens with zero attached hydrogens (tertiary/aromatic N) is 1. The normalized spacial score (nSPS) is 18.0. The van der Waals surface area contributed by atoms with E-state index in [9.17, 15) is 19.1 Å². The number of carbonyl (C=O) groups excluding carboxylic acids is 2. The highest BCUT2D eigenvalue weighted by atomic mass is 19.1. The number of halogens is 1. The van der Waals surface area contributed by atoms with Crippen LogP contribution >= 0.6 is 0 Å². The summed E-state index contributed by atoms with van der Waals surface area (Å²) in [5, 5.41) is 10.1. The number of benzene rings is 1. The van der Waals surface area contributed by atoms with Gasteiger partial charge in [-0.2, -0.15) is 0 Å². The number of likely N-dealkylation sites (N-methyl/N-ethyl adjacent to an activating group) is 1. The van der Waals surface area contributed by atoms with Gasteiger partial charge in [0.1, 0.15) is 5.82 Å². The molecule has 0 aromatic heterocycles. The summed E-state index contributed by atoms with van der Waals surface area (Å²) >= 11 is 0. The van der Waals surface area contributed by atoms with Gasteiger partial charge in [0.05, 0.1) is 37.8 Å². The number of hydrogen-bond donors (Lipinski definition) is 2. The van der Waals surface area contributed by atoms with Gasteiger partial charge in [0.25, 0.3) is 5.91 Å². The highest BCUT2D eigenvalue weighted by Crippen LogP contribution is 2.38. The topological polar surface area (TPSA) is 62.1 Å². The number of ketones is 1. The Morgan fingerprint density at radius 1 is 1.29 bits per heavy atom. The number of quaternary nitrogens is 1. The first-order chi connectivity index (χ1) is 11.4. The monoisotopic (exact) mass is 335 g/mol. The zero-order valence-corrected chi connectivity index (χ0v) is 14.3. The van der Waals surface area contributed by atoms with E-state index in [0.717, 1.165) is 13.1 Å². The average Bonchev–Trinajstić information content (AvgIpc) is 2.81. The highest BCUT2D eigenvalue weighted by Gasteiger charge is 2.43. The molecule has 1 heterocycles. The smallest absolute Gasteiger partial charge is 0.290 e. The van der Waals surface area contributed by atoms with Crippen molar-refractivity contribution in [3.63, 3.8) is 0 Å². The fourth-order valence-electron chi connectivity index (χ4n) is 3.15. The Morgan fingerprint density at radius 2 is 1.92 bits per heavy atom. The minimum absolute atomic E-state index is 0.0281. The fraction of sp³-hybridized carbons (Fsp3) is 0.444. The first kappa shape index (κ1) is 18.1. The van der Waals surface area contributed by atoms with E-state index in [-0.39, 0.29) is 11.1 Å². The minimum atomic E-state index is -0.869. The molecule has 0 saturated heterocycles. The molecule has 0 fully saturated rings. The second-order valence-electron chi connectivity index (χ2n) is 5.95. The van der Waals surface area contributed by atoms with Gasteiger partial charge in [0.2, 0.25) is 0 Å². The first-order valence-electron chi connectivity index (χ1n) is 8.25. The van der Waals surface area contributed by atoms with Gasteiger partial charge >= 0.3 is 0 Å². The van der Waals surface area contributed by atoms with Crippen molar-refractivity contribution in [2.45, 2.75) is 26.8 Å². The summed E-state index contributed by atoms with van der Waals surface area (Å²) < 4.78 is 14.3. The van der Waals surface area contributed by atoms with Crippen LogP contribution in [0, 0.1) is 5.82 Å². The van der Waals surface area contributed by atoms with Gasteiger partial charge in [0.15, 0.2) is 11.5 Å². The molecule has 1 aliphatic heterocycles. The Morgan fingerprint density at radius 3 is 2.46 bits per heavy atom. The van der Waals surface area contributed by atoms with Crippen LogP contribution < -0.4 is 4.90 Å². The second-order valence-corrected chi connectivity index (χ2v) is 5.95. The molecule has 1 aromatic carbocycles. The van der Waals surface area contributed by atoms with Crippen molar-refractivity contribution in [1.29, 1.82) is 0 Å². The zero-order valence-electron chi connectivity index (χ0n) is 14.3. The summed E-state index contributed by atoms with van der Waals surface area (Å²) in [6.45, 7) is 8.21. The maximum absolute atomic E-state index is 14.3. The molecule has 1 amide bonds. The zero-order chi connectivity index (χ0) is 17.9. The molecule has 130 valence electrons. The number of aliphatic hydroxyl groups is 1. The Hall–Kier alpha value is -2.21. The van der Waals surface area contributed by atoms with E-state index in [1.54, 1.807) is 18.2 Å². The van der Waals surface area contributed by atoms with Gasteiger partial charge in [-0.15, -0.1) is 0 Å². The standard InChI is InChI=1S/C18H23FN2O3/c1-4-20(5-2)10-11-21-16(13-8-6-7-9-14(13)19)15(12(3)22)17(23)18(21)24/h6-9,16,23H,4-5,10-11H2,1-3H3/p+1/t16-/m1/s1. The van der Waals surface area contributed by atoms with E-state index in [1.165, 1.54) is 22.8 Å². The number of rotatable bonds is 7. The van der Waals surface area contributed by atoms with Crippen LogP contribution in [-0.4, -0.2) is 47.9 Å². The molecule has 5 nitrogen and oxygen atoms in total. The molecule has 0 unspecified atom stereocenters. The lowest BCUT2D eigenvalue weighted by Crippen LogP contribution is -3.12. The number of Topliss-reactive ketones (excluding diaryl/α,β-unsaturated/α-hetero) is 1. The van der Waals surface area contributed by atoms with Crippen molar-refractivity contribution < 1.29 is 24.0 Å². The van der Waals surface area contributed by atoms with Crippen molar-refractivity contribution >= 4 is 11.7 Å². The van der Waals surface area contributed by atoms with Crippen LogP contribution in [0.2, 0.25) is 0 Å². The van der Waals surface area contributed by atoms with E-state index in [2.05, 4.69) is 13.8 Å². The molecule has 0 spiro atoms. The van der Waals surface area contributed by atoms with Crippen LogP contribution in [0.4, 0.5) is 4.39 Å². The molecule has 2 N–H and O–H groups in total. The molecule has 1 aromatic rings. The maximum atomic E-state index is 14.3. The fourth-order valence-corrected chi connectivity index (χ4v) is 3.15. The first-order valence-corrected chi connectivity index (χ1v) is 8.25. The van der Waals surface area contributed by atoms with E-state index >= 15 is 0 Å². The third kappa shape index (κ3) is 3.33.